The Hall–Kier alpha value is -1.65. The van der Waals surface area contributed by atoms with E-state index < -0.39 is 0 Å². The number of rotatable bonds is 4. The SMILES string of the molecule is CCC(Nc1ncnc2nc[nH]c12)C1CCCCC1. The van der Waals surface area contributed by atoms with Crippen LogP contribution in [0.3, 0.4) is 0 Å². The van der Waals surface area contributed by atoms with Crippen molar-refractivity contribution in [3.63, 3.8) is 0 Å². The molecule has 0 amide bonds. The lowest BCUT2D eigenvalue weighted by Crippen LogP contribution is -2.30. The van der Waals surface area contributed by atoms with Crippen LogP contribution in [0, 0.1) is 5.92 Å². The third-order valence-corrected chi connectivity index (χ3v) is 4.20. The molecule has 2 heterocycles. The van der Waals surface area contributed by atoms with Gasteiger partial charge in [-0.1, -0.05) is 26.2 Å². The number of H-pyrrole nitrogens is 1. The van der Waals surface area contributed by atoms with Crippen LogP contribution in [-0.4, -0.2) is 26.0 Å². The summed E-state index contributed by atoms with van der Waals surface area (Å²) in [6.07, 6.45) is 11.2. The van der Waals surface area contributed by atoms with Gasteiger partial charge in [-0.2, -0.15) is 0 Å². The Morgan fingerprint density at radius 2 is 2.11 bits per heavy atom. The molecule has 1 atom stereocenters. The van der Waals surface area contributed by atoms with E-state index in [1.54, 1.807) is 12.7 Å². The zero-order valence-corrected chi connectivity index (χ0v) is 11.4. The molecule has 0 aliphatic heterocycles. The quantitative estimate of drug-likeness (QED) is 0.885. The minimum absolute atomic E-state index is 0.502. The van der Waals surface area contributed by atoms with E-state index in [-0.39, 0.29) is 0 Å². The minimum Gasteiger partial charge on any atom is -0.365 e. The van der Waals surface area contributed by atoms with Gasteiger partial charge in [0.25, 0.3) is 0 Å². The highest BCUT2D eigenvalue weighted by Gasteiger charge is 2.23. The molecule has 2 aromatic heterocycles. The Morgan fingerprint density at radius 1 is 1.26 bits per heavy atom. The highest BCUT2D eigenvalue weighted by atomic mass is 15.1. The molecule has 102 valence electrons. The Morgan fingerprint density at radius 3 is 2.89 bits per heavy atom. The maximum absolute atomic E-state index is 4.37. The maximum Gasteiger partial charge on any atom is 0.182 e. The highest BCUT2D eigenvalue weighted by Crippen LogP contribution is 2.30. The number of nitrogens with one attached hydrogen (secondary N) is 2. The predicted octanol–water partition coefficient (Wildman–Crippen LogP) is 3.12. The van der Waals surface area contributed by atoms with E-state index in [4.69, 9.17) is 0 Å². The van der Waals surface area contributed by atoms with Crippen molar-refractivity contribution in [2.75, 3.05) is 5.32 Å². The van der Waals surface area contributed by atoms with Gasteiger partial charge in [-0.3, -0.25) is 0 Å². The second-order valence-electron chi connectivity index (χ2n) is 5.38. The molecule has 0 aromatic carbocycles. The molecule has 1 fully saturated rings. The largest absolute Gasteiger partial charge is 0.365 e. The Labute approximate surface area is 113 Å². The maximum atomic E-state index is 4.37. The van der Waals surface area contributed by atoms with Gasteiger partial charge in [0.15, 0.2) is 11.5 Å². The molecule has 5 nitrogen and oxygen atoms in total. The molecular formula is C14H21N5. The second kappa shape index (κ2) is 5.55. The van der Waals surface area contributed by atoms with Crippen LogP contribution in [0.1, 0.15) is 45.4 Å². The van der Waals surface area contributed by atoms with Crippen molar-refractivity contribution in [1.29, 1.82) is 0 Å². The Balaban J connectivity index is 1.79. The summed E-state index contributed by atoms with van der Waals surface area (Å²) in [4.78, 5) is 15.8. The number of imidazole rings is 1. The first-order chi connectivity index (χ1) is 9.38. The van der Waals surface area contributed by atoms with E-state index in [1.807, 2.05) is 0 Å². The van der Waals surface area contributed by atoms with Crippen LogP contribution in [0.4, 0.5) is 5.82 Å². The monoisotopic (exact) mass is 259 g/mol. The van der Waals surface area contributed by atoms with Gasteiger partial charge in [0.1, 0.15) is 11.8 Å². The number of nitrogens with zero attached hydrogens (tertiary/aromatic N) is 3. The molecule has 19 heavy (non-hydrogen) atoms. The van der Waals surface area contributed by atoms with E-state index in [1.165, 1.54) is 32.1 Å². The van der Waals surface area contributed by atoms with Gasteiger partial charge in [0.05, 0.1) is 6.33 Å². The third-order valence-electron chi connectivity index (χ3n) is 4.20. The lowest BCUT2D eigenvalue weighted by Gasteiger charge is -2.30. The van der Waals surface area contributed by atoms with Gasteiger partial charge in [-0.15, -0.1) is 0 Å². The molecule has 1 saturated carbocycles. The molecule has 3 rings (SSSR count). The topological polar surface area (TPSA) is 66.5 Å². The summed E-state index contributed by atoms with van der Waals surface area (Å²) in [5, 5.41) is 3.61. The molecule has 2 aromatic rings. The minimum atomic E-state index is 0.502. The van der Waals surface area contributed by atoms with Crippen molar-refractivity contribution in [2.45, 2.75) is 51.5 Å². The number of fused-ring (bicyclic) bond motifs is 1. The van der Waals surface area contributed by atoms with Crippen LogP contribution in [-0.2, 0) is 0 Å². The lowest BCUT2D eigenvalue weighted by molar-refractivity contribution is 0.312. The van der Waals surface area contributed by atoms with Gasteiger partial charge < -0.3 is 10.3 Å². The van der Waals surface area contributed by atoms with Gasteiger partial charge in [-0.05, 0) is 25.2 Å². The molecule has 0 radical (unpaired) electrons. The summed E-state index contributed by atoms with van der Waals surface area (Å²) in [6, 6.07) is 0.502. The summed E-state index contributed by atoms with van der Waals surface area (Å²) in [5.41, 5.74) is 1.65. The molecule has 5 heteroatoms. The van der Waals surface area contributed by atoms with Crippen LogP contribution < -0.4 is 5.32 Å². The first-order valence-corrected chi connectivity index (χ1v) is 7.29. The number of anilines is 1. The van der Waals surface area contributed by atoms with Crippen molar-refractivity contribution in [3.05, 3.63) is 12.7 Å². The Bertz CT molecular complexity index is 529. The standard InChI is InChI=1S/C14H21N5/c1-2-11(10-6-4-3-5-7-10)19-14-12-13(16-8-15-12)17-9-18-14/h8-11H,2-7H2,1H3,(H2,15,16,17,18,19). The van der Waals surface area contributed by atoms with Gasteiger partial charge in [0.2, 0.25) is 0 Å². The smallest absolute Gasteiger partial charge is 0.182 e. The summed E-state index contributed by atoms with van der Waals surface area (Å²) in [7, 11) is 0. The van der Waals surface area contributed by atoms with Gasteiger partial charge in [0, 0.05) is 6.04 Å². The van der Waals surface area contributed by atoms with Crippen molar-refractivity contribution in [2.24, 2.45) is 5.92 Å². The number of hydrogen-bond acceptors (Lipinski definition) is 4. The van der Waals surface area contributed by atoms with E-state index in [0.29, 0.717) is 6.04 Å². The highest BCUT2D eigenvalue weighted by molar-refractivity contribution is 5.82. The van der Waals surface area contributed by atoms with Crippen molar-refractivity contribution in [3.8, 4) is 0 Å². The zero-order valence-electron chi connectivity index (χ0n) is 11.4. The fourth-order valence-electron chi connectivity index (χ4n) is 3.14. The molecular weight excluding hydrogens is 238 g/mol. The summed E-state index contributed by atoms with van der Waals surface area (Å²) in [6.45, 7) is 2.25. The molecule has 1 aliphatic rings. The van der Waals surface area contributed by atoms with Crippen LogP contribution in [0.5, 0.6) is 0 Å². The summed E-state index contributed by atoms with van der Waals surface area (Å²) >= 11 is 0. The van der Waals surface area contributed by atoms with Crippen molar-refractivity contribution < 1.29 is 0 Å². The predicted molar refractivity (Wildman–Crippen MR) is 76.0 cm³/mol. The van der Waals surface area contributed by atoms with Crippen molar-refractivity contribution >= 4 is 17.0 Å². The number of aromatic nitrogens is 4. The van der Waals surface area contributed by atoms with Crippen LogP contribution in [0.15, 0.2) is 12.7 Å². The normalized spacial score (nSPS) is 18.6. The first kappa shape index (κ1) is 12.4. The third kappa shape index (κ3) is 2.55. The average Bonchev–Trinajstić information content (AvgIpc) is 2.95. The van der Waals surface area contributed by atoms with Gasteiger partial charge >= 0.3 is 0 Å². The van der Waals surface area contributed by atoms with E-state index >= 15 is 0 Å². The van der Waals surface area contributed by atoms with Crippen molar-refractivity contribution in [1.82, 2.24) is 19.9 Å². The molecule has 0 spiro atoms. The fourth-order valence-corrected chi connectivity index (χ4v) is 3.14. The van der Waals surface area contributed by atoms with E-state index in [0.717, 1.165) is 29.3 Å². The first-order valence-electron chi connectivity index (χ1n) is 7.29. The second-order valence-corrected chi connectivity index (χ2v) is 5.38. The number of aromatic amines is 1. The van der Waals surface area contributed by atoms with E-state index in [2.05, 4.69) is 32.2 Å². The summed E-state index contributed by atoms with van der Waals surface area (Å²) < 4.78 is 0. The lowest BCUT2D eigenvalue weighted by atomic mass is 9.83. The average molecular weight is 259 g/mol. The van der Waals surface area contributed by atoms with Crippen LogP contribution >= 0.6 is 0 Å². The van der Waals surface area contributed by atoms with Gasteiger partial charge in [-0.25, -0.2) is 15.0 Å². The summed E-state index contributed by atoms with van der Waals surface area (Å²) in [5.74, 6) is 1.66. The molecule has 1 aliphatic carbocycles. The number of hydrogen-bond donors (Lipinski definition) is 2. The molecule has 2 N–H and O–H groups in total. The fraction of sp³-hybridized carbons (Fsp3) is 0.643. The van der Waals surface area contributed by atoms with E-state index in [9.17, 15) is 0 Å². The molecule has 0 saturated heterocycles. The van der Waals surface area contributed by atoms with Crippen LogP contribution in [0.25, 0.3) is 11.2 Å². The van der Waals surface area contributed by atoms with Crippen LogP contribution in [0.2, 0.25) is 0 Å². The Kier molecular flexibility index (Phi) is 3.62. The molecule has 1 unspecified atom stereocenters. The molecule has 0 bridgehead atoms. The zero-order chi connectivity index (χ0) is 13.1.